The Morgan fingerprint density at radius 3 is 2.53 bits per heavy atom. The molecule has 0 aromatic heterocycles. The molecule has 2 rings (SSSR count). The number of hydrogen-bond donors (Lipinski definition) is 0. The van der Waals surface area contributed by atoms with Crippen molar-refractivity contribution in [1.29, 1.82) is 0 Å². The molecule has 0 atom stereocenters. The summed E-state index contributed by atoms with van der Waals surface area (Å²) >= 11 is 0. The standard InChI is InChI=1S/C12H11F3/c13-12(14,15)8-10-6-3-5-9-4-1-2-7-11(9)10/h1-2,4,7-8H,3,5-6H2/b10-8-. The molecule has 80 valence electrons. The van der Waals surface area contributed by atoms with Gasteiger partial charge in [0.2, 0.25) is 0 Å². The lowest BCUT2D eigenvalue weighted by Gasteiger charge is -2.19. The predicted octanol–water partition coefficient (Wildman–Crippen LogP) is 3.97. The van der Waals surface area contributed by atoms with Crippen molar-refractivity contribution in [3.63, 3.8) is 0 Å². The van der Waals surface area contributed by atoms with Gasteiger partial charge in [0.05, 0.1) is 0 Å². The maximum absolute atomic E-state index is 12.3. The Balaban J connectivity index is 2.42. The third-order valence-corrected chi connectivity index (χ3v) is 2.59. The average molecular weight is 212 g/mol. The molecular weight excluding hydrogens is 201 g/mol. The summed E-state index contributed by atoms with van der Waals surface area (Å²) in [7, 11) is 0. The van der Waals surface area contributed by atoms with Gasteiger partial charge in [0.1, 0.15) is 0 Å². The van der Waals surface area contributed by atoms with Crippen molar-refractivity contribution < 1.29 is 13.2 Å². The van der Waals surface area contributed by atoms with E-state index >= 15 is 0 Å². The highest BCUT2D eigenvalue weighted by Crippen LogP contribution is 2.33. The third-order valence-electron chi connectivity index (χ3n) is 2.59. The first kappa shape index (κ1) is 10.3. The van der Waals surface area contributed by atoms with Crippen molar-refractivity contribution in [3.8, 4) is 0 Å². The zero-order chi connectivity index (χ0) is 10.9. The molecule has 1 aliphatic carbocycles. The van der Waals surface area contributed by atoms with Crippen LogP contribution in [0, 0.1) is 0 Å². The SMILES string of the molecule is FC(F)(F)/C=C1/CCCc2ccccc21. The summed E-state index contributed by atoms with van der Waals surface area (Å²) in [6, 6.07) is 7.33. The van der Waals surface area contributed by atoms with E-state index in [1.165, 1.54) is 0 Å². The van der Waals surface area contributed by atoms with Crippen molar-refractivity contribution in [2.24, 2.45) is 0 Å². The van der Waals surface area contributed by atoms with Crippen molar-refractivity contribution in [3.05, 3.63) is 41.5 Å². The molecule has 0 saturated heterocycles. The Morgan fingerprint density at radius 2 is 1.80 bits per heavy atom. The summed E-state index contributed by atoms with van der Waals surface area (Å²) in [5, 5.41) is 0. The minimum absolute atomic E-state index is 0.421. The summed E-state index contributed by atoms with van der Waals surface area (Å²) in [5.74, 6) is 0. The number of allylic oxidation sites excluding steroid dienone is 2. The molecule has 1 aliphatic rings. The number of halogens is 3. The van der Waals surface area contributed by atoms with Crippen molar-refractivity contribution >= 4 is 5.57 Å². The van der Waals surface area contributed by atoms with Crippen LogP contribution < -0.4 is 0 Å². The average Bonchev–Trinajstić information content (AvgIpc) is 2.16. The third kappa shape index (κ3) is 2.41. The molecule has 0 heterocycles. The fourth-order valence-electron chi connectivity index (χ4n) is 2.00. The van der Waals surface area contributed by atoms with Crippen LogP contribution in [0.25, 0.3) is 5.57 Å². The minimum atomic E-state index is -4.21. The monoisotopic (exact) mass is 212 g/mol. The summed E-state index contributed by atoms with van der Waals surface area (Å²) < 4.78 is 36.8. The van der Waals surface area contributed by atoms with Gasteiger partial charge in [0, 0.05) is 6.08 Å². The fraction of sp³-hybridized carbons (Fsp3) is 0.333. The molecule has 0 fully saturated rings. The molecule has 0 N–H and O–H groups in total. The zero-order valence-corrected chi connectivity index (χ0v) is 8.14. The molecular formula is C12H11F3. The second kappa shape index (κ2) is 3.72. The normalized spacial score (nSPS) is 19.0. The Kier molecular flexibility index (Phi) is 2.55. The maximum atomic E-state index is 12.3. The number of fused-ring (bicyclic) bond motifs is 1. The van der Waals surface area contributed by atoms with Gasteiger partial charge in [-0.1, -0.05) is 24.3 Å². The maximum Gasteiger partial charge on any atom is 0.410 e. The smallest absolute Gasteiger partial charge is 0.167 e. The Morgan fingerprint density at radius 1 is 1.07 bits per heavy atom. The lowest BCUT2D eigenvalue weighted by Crippen LogP contribution is -2.07. The largest absolute Gasteiger partial charge is 0.410 e. The van der Waals surface area contributed by atoms with E-state index in [4.69, 9.17) is 0 Å². The first-order valence-corrected chi connectivity index (χ1v) is 4.93. The minimum Gasteiger partial charge on any atom is -0.167 e. The lowest BCUT2D eigenvalue weighted by molar-refractivity contribution is -0.0794. The fourth-order valence-corrected chi connectivity index (χ4v) is 2.00. The molecule has 0 radical (unpaired) electrons. The molecule has 0 saturated carbocycles. The number of hydrogen-bond acceptors (Lipinski definition) is 0. The first-order chi connectivity index (χ1) is 7.06. The van der Waals surface area contributed by atoms with Gasteiger partial charge in [-0.2, -0.15) is 13.2 Å². The van der Waals surface area contributed by atoms with E-state index < -0.39 is 6.18 Å². The molecule has 1 aromatic rings. The van der Waals surface area contributed by atoms with E-state index in [-0.39, 0.29) is 0 Å². The molecule has 0 aliphatic heterocycles. The summed E-state index contributed by atoms with van der Waals surface area (Å²) in [6.07, 6.45) is -1.56. The second-order valence-corrected chi connectivity index (χ2v) is 3.72. The Bertz CT molecular complexity index is 388. The van der Waals surface area contributed by atoms with Crippen LogP contribution in [0.2, 0.25) is 0 Å². The summed E-state index contributed by atoms with van der Waals surface area (Å²) in [4.78, 5) is 0. The Hall–Kier alpha value is -1.25. The van der Waals surface area contributed by atoms with Crippen LogP contribution >= 0.6 is 0 Å². The molecule has 0 amide bonds. The van der Waals surface area contributed by atoms with Crippen LogP contribution in [0.1, 0.15) is 24.0 Å². The zero-order valence-electron chi connectivity index (χ0n) is 8.14. The van der Waals surface area contributed by atoms with Crippen LogP contribution in [-0.4, -0.2) is 6.18 Å². The molecule has 1 aromatic carbocycles. The van der Waals surface area contributed by atoms with E-state index in [0.717, 1.165) is 24.0 Å². The molecule has 0 unspecified atom stereocenters. The van der Waals surface area contributed by atoms with E-state index in [1.54, 1.807) is 12.1 Å². The van der Waals surface area contributed by atoms with Crippen molar-refractivity contribution in [2.45, 2.75) is 25.4 Å². The van der Waals surface area contributed by atoms with Gasteiger partial charge in [-0.3, -0.25) is 0 Å². The van der Waals surface area contributed by atoms with E-state index in [1.807, 2.05) is 12.1 Å². The van der Waals surface area contributed by atoms with Gasteiger partial charge in [0.15, 0.2) is 0 Å². The highest BCUT2D eigenvalue weighted by Gasteiger charge is 2.26. The molecule has 0 bridgehead atoms. The summed E-state index contributed by atoms with van der Waals surface area (Å²) in [6.45, 7) is 0. The first-order valence-electron chi connectivity index (χ1n) is 4.93. The summed E-state index contributed by atoms with van der Waals surface area (Å²) in [5.41, 5.74) is 2.21. The molecule has 3 heteroatoms. The van der Waals surface area contributed by atoms with Crippen LogP contribution in [0.4, 0.5) is 13.2 Å². The molecule has 0 spiro atoms. The van der Waals surface area contributed by atoms with Crippen LogP contribution in [0.3, 0.4) is 0 Å². The van der Waals surface area contributed by atoms with Crippen molar-refractivity contribution in [1.82, 2.24) is 0 Å². The van der Waals surface area contributed by atoms with Gasteiger partial charge >= 0.3 is 6.18 Å². The van der Waals surface area contributed by atoms with Gasteiger partial charge in [-0.05, 0) is 36.0 Å². The molecule has 15 heavy (non-hydrogen) atoms. The van der Waals surface area contributed by atoms with Gasteiger partial charge < -0.3 is 0 Å². The van der Waals surface area contributed by atoms with Crippen LogP contribution in [-0.2, 0) is 6.42 Å². The predicted molar refractivity (Wildman–Crippen MR) is 53.4 cm³/mol. The highest BCUT2D eigenvalue weighted by atomic mass is 19.4. The lowest BCUT2D eigenvalue weighted by atomic mass is 9.87. The van der Waals surface area contributed by atoms with Gasteiger partial charge in [-0.15, -0.1) is 0 Å². The van der Waals surface area contributed by atoms with Gasteiger partial charge in [0.25, 0.3) is 0 Å². The van der Waals surface area contributed by atoms with Crippen LogP contribution in [0.15, 0.2) is 30.3 Å². The van der Waals surface area contributed by atoms with E-state index in [0.29, 0.717) is 18.1 Å². The topological polar surface area (TPSA) is 0 Å². The van der Waals surface area contributed by atoms with E-state index in [2.05, 4.69) is 0 Å². The van der Waals surface area contributed by atoms with Gasteiger partial charge in [-0.25, -0.2) is 0 Å². The number of aryl methyl sites for hydroxylation is 1. The van der Waals surface area contributed by atoms with Crippen molar-refractivity contribution in [2.75, 3.05) is 0 Å². The van der Waals surface area contributed by atoms with Crippen LogP contribution in [0.5, 0.6) is 0 Å². The molecule has 0 nitrogen and oxygen atoms in total. The highest BCUT2D eigenvalue weighted by molar-refractivity contribution is 5.70. The Labute approximate surface area is 86.4 Å². The quantitative estimate of drug-likeness (QED) is 0.610. The number of benzene rings is 1. The van der Waals surface area contributed by atoms with E-state index in [9.17, 15) is 13.2 Å². The number of rotatable bonds is 0. The second-order valence-electron chi connectivity index (χ2n) is 3.72. The number of alkyl halides is 3.